The van der Waals surface area contributed by atoms with E-state index in [0.29, 0.717) is 17.2 Å². The largest absolute Gasteiger partial charge is 0.497 e. The van der Waals surface area contributed by atoms with Crippen molar-refractivity contribution in [3.8, 4) is 34.2 Å². The van der Waals surface area contributed by atoms with E-state index in [1.54, 1.807) is 18.2 Å². The zero-order chi connectivity index (χ0) is 19.7. The smallest absolute Gasteiger partial charge is 0.272 e. The summed E-state index contributed by atoms with van der Waals surface area (Å²) in [4.78, 5) is 12.6. The number of ether oxygens (including phenoxy) is 3. The van der Waals surface area contributed by atoms with Gasteiger partial charge in [0.05, 0.1) is 38.3 Å². The first kappa shape index (κ1) is 18.5. The minimum absolute atomic E-state index is 0.0516. The number of benzene rings is 2. The van der Waals surface area contributed by atoms with Crippen LogP contribution in [0.1, 0.15) is 0 Å². The van der Waals surface area contributed by atoms with Crippen LogP contribution in [-0.4, -0.2) is 30.7 Å². The highest BCUT2D eigenvalue weighted by atomic mass is 19.1. The second-order valence-corrected chi connectivity index (χ2v) is 5.74. The van der Waals surface area contributed by atoms with Crippen molar-refractivity contribution in [1.82, 2.24) is 9.36 Å². The maximum absolute atomic E-state index is 14.5. The fourth-order valence-corrected chi connectivity index (χ4v) is 2.89. The normalized spacial score (nSPS) is 10.7. The molecule has 3 aromatic rings. The van der Waals surface area contributed by atoms with Gasteiger partial charge in [-0.3, -0.25) is 9.48 Å². The van der Waals surface area contributed by atoms with Gasteiger partial charge >= 0.3 is 0 Å². The van der Waals surface area contributed by atoms with Gasteiger partial charge < -0.3 is 14.2 Å². The maximum Gasteiger partial charge on any atom is 0.272 e. The van der Waals surface area contributed by atoms with Gasteiger partial charge in [0, 0.05) is 43.4 Å². The van der Waals surface area contributed by atoms with Crippen molar-refractivity contribution in [2.24, 2.45) is 7.05 Å². The van der Waals surface area contributed by atoms with Crippen molar-refractivity contribution in [3.63, 3.8) is 0 Å². The molecule has 0 aliphatic rings. The minimum atomic E-state index is -0.831. The molecule has 0 saturated heterocycles. The summed E-state index contributed by atoms with van der Waals surface area (Å²) in [5.41, 5.74) is -0.264. The van der Waals surface area contributed by atoms with Crippen LogP contribution in [0.4, 0.5) is 8.78 Å². The number of hydrogen-bond donors (Lipinski definition) is 0. The molecule has 0 N–H and O–H groups in total. The molecule has 1 aromatic heterocycles. The van der Waals surface area contributed by atoms with E-state index in [1.165, 1.54) is 43.8 Å². The maximum atomic E-state index is 14.5. The molecule has 142 valence electrons. The van der Waals surface area contributed by atoms with E-state index in [9.17, 15) is 13.6 Å². The average molecular weight is 376 g/mol. The molecule has 2 aromatic carbocycles. The Morgan fingerprint density at radius 1 is 0.778 bits per heavy atom. The standard InChI is InChI=1S/C19H18F2N2O4/c1-22-17(19-15(20)8-14(27-4)9-16(19)21)10-18(24)23(22)11-5-12(25-2)7-13(6-11)26-3/h5-10H,1-4H3. The zero-order valence-electron chi connectivity index (χ0n) is 15.2. The Bertz CT molecular complexity index is 1010. The quantitative estimate of drug-likeness (QED) is 0.687. The van der Waals surface area contributed by atoms with E-state index in [1.807, 2.05) is 0 Å². The Hall–Kier alpha value is -3.29. The summed E-state index contributed by atoms with van der Waals surface area (Å²) in [6.45, 7) is 0. The molecule has 8 heteroatoms. The lowest BCUT2D eigenvalue weighted by atomic mass is 10.1. The number of rotatable bonds is 5. The molecule has 0 unspecified atom stereocenters. The Kier molecular flexibility index (Phi) is 4.89. The Balaban J connectivity index is 2.22. The van der Waals surface area contributed by atoms with Crippen LogP contribution in [0.3, 0.4) is 0 Å². The van der Waals surface area contributed by atoms with Crippen LogP contribution in [0, 0.1) is 11.6 Å². The third-order valence-corrected chi connectivity index (χ3v) is 4.21. The van der Waals surface area contributed by atoms with Crippen molar-refractivity contribution in [2.75, 3.05) is 21.3 Å². The summed E-state index contributed by atoms with van der Waals surface area (Å²) in [5.74, 6) is -0.664. The van der Waals surface area contributed by atoms with Crippen LogP contribution < -0.4 is 19.8 Å². The van der Waals surface area contributed by atoms with Crippen molar-refractivity contribution < 1.29 is 23.0 Å². The molecule has 0 spiro atoms. The summed E-state index contributed by atoms with van der Waals surface area (Å²) >= 11 is 0. The van der Waals surface area contributed by atoms with Crippen LogP contribution in [0.2, 0.25) is 0 Å². The first-order chi connectivity index (χ1) is 12.9. The van der Waals surface area contributed by atoms with Gasteiger partial charge in [-0.15, -0.1) is 0 Å². The summed E-state index contributed by atoms with van der Waals surface area (Å²) in [5, 5.41) is 0. The Labute approximate surface area is 154 Å². The van der Waals surface area contributed by atoms with Crippen molar-refractivity contribution in [3.05, 3.63) is 58.4 Å². The van der Waals surface area contributed by atoms with Crippen LogP contribution in [0.5, 0.6) is 17.2 Å². The lowest BCUT2D eigenvalue weighted by Gasteiger charge is -2.14. The predicted molar refractivity (Wildman–Crippen MR) is 96.0 cm³/mol. The second kappa shape index (κ2) is 7.14. The van der Waals surface area contributed by atoms with Crippen molar-refractivity contribution in [2.45, 2.75) is 0 Å². The molecule has 0 saturated carbocycles. The van der Waals surface area contributed by atoms with Gasteiger partial charge in [-0.1, -0.05) is 0 Å². The van der Waals surface area contributed by atoms with Crippen LogP contribution in [-0.2, 0) is 7.05 Å². The summed E-state index contributed by atoms with van der Waals surface area (Å²) < 4.78 is 46.8. The molecule has 6 nitrogen and oxygen atoms in total. The molecule has 0 atom stereocenters. The van der Waals surface area contributed by atoms with E-state index in [4.69, 9.17) is 14.2 Å². The fraction of sp³-hybridized carbons (Fsp3) is 0.211. The second-order valence-electron chi connectivity index (χ2n) is 5.74. The number of halogens is 2. The van der Waals surface area contributed by atoms with E-state index < -0.39 is 17.2 Å². The van der Waals surface area contributed by atoms with Gasteiger partial charge in [0.2, 0.25) is 0 Å². The molecule has 0 amide bonds. The van der Waals surface area contributed by atoms with E-state index in [-0.39, 0.29) is 17.0 Å². The molecule has 1 heterocycles. The van der Waals surface area contributed by atoms with Gasteiger partial charge in [0.15, 0.2) is 0 Å². The summed E-state index contributed by atoms with van der Waals surface area (Å²) in [7, 11) is 5.82. The van der Waals surface area contributed by atoms with E-state index in [2.05, 4.69) is 0 Å². The lowest BCUT2D eigenvalue weighted by Crippen LogP contribution is -2.19. The van der Waals surface area contributed by atoms with Gasteiger partial charge in [0.25, 0.3) is 5.56 Å². The van der Waals surface area contributed by atoms with Gasteiger partial charge in [-0.25, -0.2) is 13.5 Å². The third-order valence-electron chi connectivity index (χ3n) is 4.21. The van der Waals surface area contributed by atoms with Gasteiger partial charge in [-0.2, -0.15) is 0 Å². The SMILES string of the molecule is COc1cc(OC)cc(-n2c(=O)cc(-c3c(F)cc(OC)cc3F)n2C)c1. The fourth-order valence-electron chi connectivity index (χ4n) is 2.89. The van der Waals surface area contributed by atoms with Crippen LogP contribution >= 0.6 is 0 Å². The molecule has 3 rings (SSSR count). The number of methoxy groups -OCH3 is 3. The highest BCUT2D eigenvalue weighted by molar-refractivity contribution is 5.63. The molecule has 0 fully saturated rings. The highest BCUT2D eigenvalue weighted by Crippen LogP contribution is 2.30. The lowest BCUT2D eigenvalue weighted by molar-refractivity contribution is 0.393. The van der Waals surface area contributed by atoms with Gasteiger partial charge in [-0.05, 0) is 0 Å². The predicted octanol–water partition coefficient (Wildman–Crippen LogP) is 3.15. The molecule has 27 heavy (non-hydrogen) atoms. The molecule has 0 radical (unpaired) electrons. The average Bonchev–Trinajstić information content (AvgIpc) is 2.94. The van der Waals surface area contributed by atoms with Crippen LogP contribution in [0.15, 0.2) is 41.2 Å². The summed E-state index contributed by atoms with van der Waals surface area (Å²) in [6, 6.07) is 8.19. The first-order valence-electron chi connectivity index (χ1n) is 7.95. The Morgan fingerprint density at radius 3 is 1.74 bits per heavy atom. The topological polar surface area (TPSA) is 54.6 Å². The van der Waals surface area contributed by atoms with E-state index >= 15 is 0 Å². The molecule has 0 aliphatic heterocycles. The van der Waals surface area contributed by atoms with Gasteiger partial charge in [0.1, 0.15) is 28.9 Å². The zero-order valence-corrected chi connectivity index (χ0v) is 15.2. The van der Waals surface area contributed by atoms with Crippen LogP contribution in [0.25, 0.3) is 16.9 Å². The molecular formula is C19H18F2N2O4. The summed E-state index contributed by atoms with van der Waals surface area (Å²) in [6.07, 6.45) is 0. The molecule has 0 bridgehead atoms. The monoisotopic (exact) mass is 376 g/mol. The first-order valence-corrected chi connectivity index (χ1v) is 7.95. The minimum Gasteiger partial charge on any atom is -0.497 e. The molecule has 0 aliphatic carbocycles. The number of aromatic nitrogens is 2. The van der Waals surface area contributed by atoms with E-state index in [0.717, 1.165) is 12.1 Å². The van der Waals surface area contributed by atoms with Crippen molar-refractivity contribution >= 4 is 0 Å². The number of nitrogens with zero attached hydrogens (tertiary/aromatic N) is 2. The van der Waals surface area contributed by atoms with Crippen molar-refractivity contribution in [1.29, 1.82) is 0 Å². The third kappa shape index (κ3) is 3.25. The Morgan fingerprint density at radius 2 is 1.26 bits per heavy atom. The number of hydrogen-bond acceptors (Lipinski definition) is 4. The highest BCUT2D eigenvalue weighted by Gasteiger charge is 2.20. The molecular weight excluding hydrogens is 358 g/mol.